The summed E-state index contributed by atoms with van der Waals surface area (Å²) in [7, 11) is 1.38. The van der Waals surface area contributed by atoms with E-state index in [-0.39, 0.29) is 22.7 Å². The number of rotatable bonds is 6. The molecule has 3 aromatic rings. The highest BCUT2D eigenvalue weighted by atomic mass is 19.3. The number of nitrogens with one attached hydrogen (secondary N) is 1. The largest absolute Gasteiger partial charge is 0.493 e. The molecule has 0 fully saturated rings. The molecule has 35 heavy (non-hydrogen) atoms. The number of alkyl halides is 2. The monoisotopic (exact) mass is 487 g/mol. The number of methoxy groups -OCH3 is 1. The first-order valence-corrected chi connectivity index (χ1v) is 11.2. The molecule has 0 unspecified atom stereocenters. The number of anilines is 1. The standard InChI is InChI=1S/C26H25F4N3O2/c1-14(17-5-4-6-18(22(17)27)26(29)30)32-21-7-10-31-24-20(21)13-19(25(35-3)23(24)28)16-8-11-33(12-9-16)15(2)34/h4-8,10,13-14,26H,9,11-12H2,1-3H3,(H,31,32)/t14-/m1/s1. The maximum absolute atomic E-state index is 15.5. The van der Waals surface area contributed by atoms with Crippen molar-refractivity contribution in [3.63, 3.8) is 0 Å². The van der Waals surface area contributed by atoms with Gasteiger partial charge in [0.25, 0.3) is 6.43 Å². The maximum atomic E-state index is 15.5. The summed E-state index contributed by atoms with van der Waals surface area (Å²) in [5.41, 5.74) is 1.30. The van der Waals surface area contributed by atoms with E-state index in [1.165, 1.54) is 32.4 Å². The van der Waals surface area contributed by atoms with Gasteiger partial charge >= 0.3 is 0 Å². The summed E-state index contributed by atoms with van der Waals surface area (Å²) in [4.78, 5) is 17.5. The van der Waals surface area contributed by atoms with Crippen molar-refractivity contribution in [2.75, 3.05) is 25.5 Å². The van der Waals surface area contributed by atoms with E-state index in [0.717, 1.165) is 11.6 Å². The third kappa shape index (κ3) is 4.67. The van der Waals surface area contributed by atoms with Crippen LogP contribution in [0.3, 0.4) is 0 Å². The van der Waals surface area contributed by atoms with Gasteiger partial charge in [0.1, 0.15) is 11.3 Å². The van der Waals surface area contributed by atoms with Crippen molar-refractivity contribution in [2.45, 2.75) is 32.7 Å². The number of carbonyl (C=O) groups is 1. The Balaban J connectivity index is 1.77. The summed E-state index contributed by atoms with van der Waals surface area (Å²) in [6, 6.07) is 6.55. The summed E-state index contributed by atoms with van der Waals surface area (Å²) in [5.74, 6) is -1.60. The molecular weight excluding hydrogens is 462 g/mol. The highest BCUT2D eigenvalue weighted by Crippen LogP contribution is 2.39. The summed E-state index contributed by atoms with van der Waals surface area (Å²) >= 11 is 0. The van der Waals surface area contributed by atoms with Crippen LogP contribution in [0.25, 0.3) is 16.5 Å². The van der Waals surface area contributed by atoms with Gasteiger partial charge in [-0.1, -0.05) is 24.3 Å². The van der Waals surface area contributed by atoms with Gasteiger partial charge in [-0.25, -0.2) is 17.6 Å². The number of carbonyl (C=O) groups excluding carboxylic acids is 1. The van der Waals surface area contributed by atoms with E-state index in [1.807, 2.05) is 6.08 Å². The topological polar surface area (TPSA) is 54.5 Å². The Labute approximate surface area is 200 Å². The zero-order valence-electron chi connectivity index (χ0n) is 19.5. The van der Waals surface area contributed by atoms with Gasteiger partial charge in [-0.3, -0.25) is 9.78 Å². The summed E-state index contributed by atoms with van der Waals surface area (Å²) in [6.07, 6.45) is 0.865. The van der Waals surface area contributed by atoms with E-state index in [0.29, 0.717) is 36.1 Å². The molecule has 0 saturated heterocycles. The Kier molecular flexibility index (Phi) is 6.95. The van der Waals surface area contributed by atoms with E-state index in [1.54, 1.807) is 24.0 Å². The minimum Gasteiger partial charge on any atom is -0.493 e. The molecule has 9 heteroatoms. The number of aromatic nitrogens is 1. The molecule has 1 aliphatic rings. The van der Waals surface area contributed by atoms with E-state index < -0.39 is 29.7 Å². The lowest BCUT2D eigenvalue weighted by Crippen LogP contribution is -2.32. The van der Waals surface area contributed by atoms with E-state index in [9.17, 15) is 18.0 Å². The summed E-state index contributed by atoms with van der Waals surface area (Å²) in [6.45, 7) is 4.04. The maximum Gasteiger partial charge on any atom is 0.266 e. The minimum absolute atomic E-state index is 0.0372. The molecule has 2 aromatic carbocycles. The van der Waals surface area contributed by atoms with Crippen molar-refractivity contribution in [1.29, 1.82) is 0 Å². The highest BCUT2D eigenvalue weighted by molar-refractivity contribution is 5.96. The summed E-state index contributed by atoms with van der Waals surface area (Å²) in [5, 5.41) is 3.56. The second kappa shape index (κ2) is 9.93. The van der Waals surface area contributed by atoms with Crippen LogP contribution in [0, 0.1) is 11.6 Å². The Morgan fingerprint density at radius 3 is 2.54 bits per heavy atom. The van der Waals surface area contributed by atoms with E-state index in [2.05, 4.69) is 10.3 Å². The first kappa shape index (κ1) is 24.5. The average molecular weight is 487 g/mol. The van der Waals surface area contributed by atoms with Crippen LogP contribution < -0.4 is 10.1 Å². The molecule has 0 saturated carbocycles. The van der Waals surface area contributed by atoms with Crippen molar-refractivity contribution in [2.24, 2.45) is 0 Å². The van der Waals surface area contributed by atoms with Gasteiger partial charge in [0.05, 0.1) is 18.7 Å². The lowest BCUT2D eigenvalue weighted by molar-refractivity contribution is -0.128. The Hall–Kier alpha value is -3.62. The minimum atomic E-state index is -2.93. The van der Waals surface area contributed by atoms with Crippen LogP contribution in [0.5, 0.6) is 5.75 Å². The van der Waals surface area contributed by atoms with Crippen molar-refractivity contribution in [3.8, 4) is 5.75 Å². The van der Waals surface area contributed by atoms with Crippen LogP contribution in [0.1, 0.15) is 49.4 Å². The van der Waals surface area contributed by atoms with Crippen molar-refractivity contribution in [1.82, 2.24) is 9.88 Å². The molecule has 2 heterocycles. The first-order chi connectivity index (χ1) is 16.7. The van der Waals surface area contributed by atoms with Crippen LogP contribution in [0.15, 0.2) is 42.6 Å². The van der Waals surface area contributed by atoms with Gasteiger partial charge < -0.3 is 15.0 Å². The number of halogens is 4. The third-order valence-electron chi connectivity index (χ3n) is 6.27. The zero-order valence-corrected chi connectivity index (χ0v) is 19.5. The molecule has 1 aliphatic heterocycles. The molecule has 1 atom stereocenters. The Morgan fingerprint density at radius 1 is 1.17 bits per heavy atom. The van der Waals surface area contributed by atoms with Crippen LogP contribution in [0.2, 0.25) is 0 Å². The Bertz CT molecular complexity index is 1310. The van der Waals surface area contributed by atoms with Gasteiger partial charge in [-0.05, 0) is 31.1 Å². The van der Waals surface area contributed by atoms with Crippen LogP contribution in [-0.2, 0) is 4.79 Å². The van der Waals surface area contributed by atoms with E-state index >= 15 is 4.39 Å². The highest BCUT2D eigenvalue weighted by Gasteiger charge is 2.24. The molecule has 184 valence electrons. The quantitative estimate of drug-likeness (QED) is 0.417. The molecule has 0 bridgehead atoms. The Morgan fingerprint density at radius 2 is 1.91 bits per heavy atom. The summed E-state index contributed by atoms with van der Waals surface area (Å²) < 4.78 is 61.9. The third-order valence-corrected chi connectivity index (χ3v) is 6.27. The number of pyridine rings is 1. The van der Waals surface area contributed by atoms with Gasteiger partial charge in [-0.15, -0.1) is 0 Å². The fraction of sp³-hybridized carbons (Fsp3) is 0.308. The number of ether oxygens (including phenoxy) is 1. The van der Waals surface area contributed by atoms with Gasteiger partial charge in [-0.2, -0.15) is 0 Å². The van der Waals surface area contributed by atoms with Crippen molar-refractivity contribution < 1.29 is 27.1 Å². The van der Waals surface area contributed by atoms with Gasteiger partial charge in [0, 0.05) is 48.4 Å². The van der Waals surface area contributed by atoms with Gasteiger partial charge in [0.2, 0.25) is 5.91 Å². The SMILES string of the molecule is COc1c(C2=CCN(C(C)=O)CC2)cc2c(N[C@H](C)c3cccc(C(F)F)c3F)ccnc2c1F. The number of nitrogens with zero attached hydrogens (tertiary/aromatic N) is 2. The van der Waals surface area contributed by atoms with Crippen molar-refractivity contribution >= 4 is 28.1 Å². The van der Waals surface area contributed by atoms with Crippen molar-refractivity contribution in [3.05, 3.63) is 70.9 Å². The average Bonchev–Trinajstić information content (AvgIpc) is 2.84. The normalized spacial score (nSPS) is 14.7. The van der Waals surface area contributed by atoms with Gasteiger partial charge in [0.15, 0.2) is 11.6 Å². The lowest BCUT2D eigenvalue weighted by Gasteiger charge is -2.26. The molecule has 1 aromatic heterocycles. The fourth-order valence-electron chi connectivity index (χ4n) is 4.38. The molecular formula is C26H25F4N3O2. The second-order valence-corrected chi connectivity index (χ2v) is 8.39. The van der Waals surface area contributed by atoms with Crippen LogP contribution >= 0.6 is 0 Å². The van der Waals surface area contributed by atoms with E-state index in [4.69, 9.17) is 4.74 Å². The molecule has 1 amide bonds. The van der Waals surface area contributed by atoms with Crippen LogP contribution in [-0.4, -0.2) is 36.0 Å². The predicted octanol–water partition coefficient (Wildman–Crippen LogP) is 6.27. The first-order valence-electron chi connectivity index (χ1n) is 11.2. The molecule has 0 radical (unpaired) electrons. The smallest absolute Gasteiger partial charge is 0.266 e. The molecule has 0 spiro atoms. The number of hydrogen-bond donors (Lipinski definition) is 1. The number of benzene rings is 2. The number of fused-ring (bicyclic) bond motifs is 1. The molecule has 4 rings (SSSR count). The number of hydrogen-bond acceptors (Lipinski definition) is 4. The molecule has 0 aliphatic carbocycles. The van der Waals surface area contributed by atoms with Crippen LogP contribution in [0.4, 0.5) is 23.2 Å². The predicted molar refractivity (Wildman–Crippen MR) is 126 cm³/mol. The molecule has 1 N–H and O–H groups in total. The second-order valence-electron chi connectivity index (χ2n) is 8.39. The number of amides is 1. The zero-order chi connectivity index (χ0) is 25.3. The fourth-order valence-corrected chi connectivity index (χ4v) is 4.38. The lowest BCUT2D eigenvalue weighted by atomic mass is 9.95. The molecule has 5 nitrogen and oxygen atoms in total.